The Kier molecular flexibility index (Phi) is 5.71. The quantitative estimate of drug-likeness (QED) is 0.404. The summed E-state index contributed by atoms with van der Waals surface area (Å²) in [6, 6.07) is 17.0. The molecule has 0 radical (unpaired) electrons. The number of piperazine rings is 1. The van der Waals surface area contributed by atoms with Crippen LogP contribution in [0.3, 0.4) is 0 Å². The van der Waals surface area contributed by atoms with Crippen LogP contribution in [0.2, 0.25) is 0 Å². The van der Waals surface area contributed by atoms with Crippen LogP contribution in [0.1, 0.15) is 28.8 Å². The average Bonchev–Trinajstić information content (AvgIpc) is 3.26. The van der Waals surface area contributed by atoms with Gasteiger partial charge in [-0.3, -0.25) is 0 Å². The van der Waals surface area contributed by atoms with E-state index in [2.05, 4.69) is 21.2 Å². The number of hydrogen-bond donors (Lipinski definition) is 1. The van der Waals surface area contributed by atoms with E-state index in [0.29, 0.717) is 5.82 Å². The van der Waals surface area contributed by atoms with E-state index in [-0.39, 0.29) is 5.82 Å². The fourth-order valence-corrected chi connectivity index (χ4v) is 6.24. The molecule has 1 N–H and O–H groups in total. The van der Waals surface area contributed by atoms with Crippen molar-refractivity contribution in [3.63, 3.8) is 0 Å². The van der Waals surface area contributed by atoms with Crippen molar-refractivity contribution < 1.29 is 4.39 Å². The van der Waals surface area contributed by atoms with Gasteiger partial charge in [-0.25, -0.2) is 14.4 Å². The maximum Gasteiger partial charge on any atom is 0.175 e. The summed E-state index contributed by atoms with van der Waals surface area (Å²) in [6.07, 6.45) is 4.32. The van der Waals surface area contributed by atoms with Crippen LogP contribution in [0.25, 0.3) is 11.0 Å². The molecule has 0 spiro atoms. The largest absolute Gasteiger partial charge is 0.368 e. The maximum absolute atomic E-state index is 13.3. The third-order valence-electron chi connectivity index (χ3n) is 6.84. The van der Waals surface area contributed by atoms with Crippen LogP contribution in [-0.2, 0) is 12.8 Å². The average molecular weight is 485 g/mol. The van der Waals surface area contributed by atoms with Gasteiger partial charge >= 0.3 is 0 Å². The van der Waals surface area contributed by atoms with Crippen LogP contribution < -0.4 is 15.1 Å². The van der Waals surface area contributed by atoms with E-state index in [0.717, 1.165) is 78.5 Å². The normalized spacial score (nSPS) is 15.7. The zero-order chi connectivity index (χ0) is 23.8. The van der Waals surface area contributed by atoms with Crippen molar-refractivity contribution in [2.45, 2.75) is 25.7 Å². The number of hydrogen-bond acceptors (Lipinski definition) is 7. The summed E-state index contributed by atoms with van der Waals surface area (Å²) in [7, 11) is 0. The Labute approximate surface area is 207 Å². The summed E-state index contributed by atoms with van der Waals surface area (Å²) in [4.78, 5) is 15.8. The van der Waals surface area contributed by atoms with Crippen molar-refractivity contribution in [2.75, 3.05) is 41.3 Å². The fraction of sp³-hybridized carbons (Fsp3) is 0.296. The lowest BCUT2D eigenvalue weighted by Gasteiger charge is -2.37. The van der Waals surface area contributed by atoms with E-state index in [1.165, 1.54) is 29.0 Å². The smallest absolute Gasteiger partial charge is 0.175 e. The molecule has 4 aromatic rings. The van der Waals surface area contributed by atoms with Crippen molar-refractivity contribution in [3.05, 3.63) is 70.4 Å². The molecule has 1 fully saturated rings. The predicted molar refractivity (Wildman–Crippen MR) is 139 cm³/mol. The van der Waals surface area contributed by atoms with Crippen molar-refractivity contribution in [2.24, 2.45) is 0 Å². The van der Waals surface area contributed by atoms with Gasteiger partial charge in [0, 0.05) is 36.7 Å². The van der Waals surface area contributed by atoms with Gasteiger partial charge in [-0.05, 0) is 67.6 Å². The van der Waals surface area contributed by atoms with E-state index in [1.54, 1.807) is 11.3 Å². The minimum absolute atomic E-state index is 0.221. The SMILES string of the molecule is N#Cc1c(Nc2nc3ccccc3nc2N2CCN(c3ccc(F)cc3)CC2)sc2c1CCCC2. The van der Waals surface area contributed by atoms with Crippen LogP contribution in [0.4, 0.5) is 26.7 Å². The van der Waals surface area contributed by atoms with Crippen LogP contribution in [0, 0.1) is 17.1 Å². The molecule has 0 unspecified atom stereocenters. The third kappa shape index (κ3) is 4.17. The first-order chi connectivity index (χ1) is 17.2. The van der Waals surface area contributed by atoms with Gasteiger partial charge in [0.15, 0.2) is 11.6 Å². The minimum Gasteiger partial charge on any atom is -0.368 e. The first-order valence-corrected chi connectivity index (χ1v) is 12.8. The standard InChI is InChI=1S/C27H25FN6S/c28-18-9-11-19(12-10-18)33-13-15-34(16-14-33)26-25(30-22-6-2-3-7-23(22)31-26)32-27-21(17-29)20-5-1-4-8-24(20)35-27/h2-3,6-7,9-12H,1,4-5,8,13-16H2,(H,30,32). The number of nitrogens with zero attached hydrogens (tertiary/aromatic N) is 5. The van der Waals surface area contributed by atoms with Gasteiger partial charge in [0.05, 0.1) is 16.6 Å². The molecule has 0 bridgehead atoms. The number of para-hydroxylation sites is 2. The Morgan fingerprint density at radius 2 is 1.57 bits per heavy atom. The number of anilines is 4. The van der Waals surface area contributed by atoms with Gasteiger partial charge in [0.25, 0.3) is 0 Å². The number of nitriles is 1. The van der Waals surface area contributed by atoms with Crippen LogP contribution in [-0.4, -0.2) is 36.1 Å². The Balaban J connectivity index is 1.32. The molecular weight excluding hydrogens is 459 g/mol. The number of rotatable bonds is 4. The molecule has 2 aromatic carbocycles. The molecule has 2 aromatic heterocycles. The van der Waals surface area contributed by atoms with Gasteiger partial charge in [0.2, 0.25) is 0 Å². The topological polar surface area (TPSA) is 68.1 Å². The highest BCUT2D eigenvalue weighted by molar-refractivity contribution is 7.16. The Morgan fingerprint density at radius 1 is 0.886 bits per heavy atom. The van der Waals surface area contributed by atoms with Crippen molar-refractivity contribution >= 4 is 44.7 Å². The van der Waals surface area contributed by atoms with Gasteiger partial charge in [0.1, 0.15) is 16.9 Å². The van der Waals surface area contributed by atoms with Crippen LogP contribution >= 0.6 is 11.3 Å². The number of aromatic nitrogens is 2. The molecular formula is C27H25FN6S. The van der Waals surface area contributed by atoms with E-state index in [9.17, 15) is 9.65 Å². The second-order valence-corrected chi connectivity index (χ2v) is 10.1. The summed E-state index contributed by atoms with van der Waals surface area (Å²) in [5.74, 6) is 1.27. The first-order valence-electron chi connectivity index (χ1n) is 12.0. The molecule has 0 amide bonds. The van der Waals surface area contributed by atoms with Crippen molar-refractivity contribution in [3.8, 4) is 6.07 Å². The highest BCUT2D eigenvalue weighted by Gasteiger charge is 2.25. The molecule has 1 aliphatic heterocycles. The molecule has 8 heteroatoms. The summed E-state index contributed by atoms with van der Waals surface area (Å²) < 4.78 is 13.3. The molecule has 0 atom stereocenters. The highest BCUT2D eigenvalue weighted by atomic mass is 32.1. The Morgan fingerprint density at radius 3 is 2.31 bits per heavy atom. The number of nitrogens with one attached hydrogen (secondary N) is 1. The molecule has 3 heterocycles. The summed E-state index contributed by atoms with van der Waals surface area (Å²) in [6.45, 7) is 3.14. The van der Waals surface area contributed by atoms with Gasteiger partial charge in [-0.15, -0.1) is 11.3 Å². The third-order valence-corrected chi connectivity index (χ3v) is 8.05. The van der Waals surface area contributed by atoms with E-state index in [1.807, 2.05) is 36.4 Å². The van der Waals surface area contributed by atoms with Crippen molar-refractivity contribution in [1.29, 1.82) is 5.26 Å². The monoisotopic (exact) mass is 484 g/mol. The van der Waals surface area contributed by atoms with E-state index >= 15 is 0 Å². The molecule has 6 rings (SSSR count). The fourth-order valence-electron chi connectivity index (χ4n) is 5.00. The second-order valence-electron chi connectivity index (χ2n) is 8.99. The second kappa shape index (κ2) is 9.16. The molecule has 2 aliphatic rings. The zero-order valence-corrected chi connectivity index (χ0v) is 20.1. The number of thiophene rings is 1. The Hall–Kier alpha value is -3.70. The zero-order valence-electron chi connectivity index (χ0n) is 19.3. The molecule has 176 valence electrons. The molecule has 0 saturated carbocycles. The summed E-state index contributed by atoms with van der Waals surface area (Å²) in [5.41, 5.74) is 4.65. The number of fused-ring (bicyclic) bond motifs is 2. The first kappa shape index (κ1) is 21.8. The van der Waals surface area contributed by atoms with Gasteiger partial charge in [-0.1, -0.05) is 12.1 Å². The lowest BCUT2D eigenvalue weighted by atomic mass is 9.96. The molecule has 1 saturated heterocycles. The molecule has 6 nitrogen and oxygen atoms in total. The van der Waals surface area contributed by atoms with E-state index < -0.39 is 0 Å². The van der Waals surface area contributed by atoms with Crippen LogP contribution in [0.5, 0.6) is 0 Å². The number of aryl methyl sites for hydroxylation is 1. The number of halogens is 1. The highest BCUT2D eigenvalue weighted by Crippen LogP contribution is 2.40. The predicted octanol–water partition coefficient (Wildman–Crippen LogP) is 5.65. The minimum atomic E-state index is -0.221. The molecule has 35 heavy (non-hydrogen) atoms. The van der Waals surface area contributed by atoms with E-state index in [4.69, 9.17) is 9.97 Å². The van der Waals surface area contributed by atoms with Gasteiger partial charge in [-0.2, -0.15) is 5.26 Å². The Bertz CT molecular complexity index is 1420. The summed E-state index contributed by atoms with van der Waals surface area (Å²) in [5, 5.41) is 14.3. The van der Waals surface area contributed by atoms with Crippen molar-refractivity contribution in [1.82, 2.24) is 9.97 Å². The number of benzene rings is 2. The van der Waals surface area contributed by atoms with Crippen LogP contribution in [0.15, 0.2) is 48.5 Å². The summed E-state index contributed by atoms with van der Waals surface area (Å²) >= 11 is 1.68. The van der Waals surface area contributed by atoms with Gasteiger partial charge < -0.3 is 15.1 Å². The molecule has 1 aliphatic carbocycles. The lowest BCUT2D eigenvalue weighted by Crippen LogP contribution is -2.47. The maximum atomic E-state index is 13.3. The lowest BCUT2D eigenvalue weighted by molar-refractivity contribution is 0.624.